The first-order valence-corrected chi connectivity index (χ1v) is 4.85. The molecule has 0 radical (unpaired) electrons. The molecule has 15 heavy (non-hydrogen) atoms. The molecule has 0 saturated heterocycles. The first-order chi connectivity index (χ1) is 7.27. The summed E-state index contributed by atoms with van der Waals surface area (Å²) in [5, 5.41) is 10.3. The lowest BCUT2D eigenvalue weighted by Crippen LogP contribution is -2.09. The van der Waals surface area contributed by atoms with Crippen molar-refractivity contribution >= 4 is 5.69 Å². The number of rotatable bonds is 2. The van der Waals surface area contributed by atoms with Crippen LogP contribution in [-0.2, 0) is 0 Å². The van der Waals surface area contributed by atoms with Crippen LogP contribution < -0.4 is 5.06 Å². The summed E-state index contributed by atoms with van der Waals surface area (Å²) >= 11 is 0. The second-order valence-corrected chi connectivity index (χ2v) is 3.44. The fourth-order valence-corrected chi connectivity index (χ4v) is 1.50. The van der Waals surface area contributed by atoms with Crippen LogP contribution in [0.4, 0.5) is 5.69 Å². The minimum Gasteiger partial charge on any atom is -0.289 e. The summed E-state index contributed by atoms with van der Waals surface area (Å²) in [6, 6.07) is 17.9. The highest BCUT2D eigenvalue weighted by atomic mass is 16.5. The number of benzene rings is 2. The zero-order valence-corrected chi connectivity index (χ0v) is 8.59. The summed E-state index contributed by atoms with van der Waals surface area (Å²) < 4.78 is 0. The summed E-state index contributed by atoms with van der Waals surface area (Å²) in [5.74, 6) is 0. The van der Waals surface area contributed by atoms with E-state index in [1.165, 1.54) is 5.56 Å². The molecule has 0 heterocycles. The van der Waals surface area contributed by atoms with E-state index < -0.39 is 0 Å². The third-order valence-corrected chi connectivity index (χ3v) is 2.35. The Balaban J connectivity index is 2.32. The Labute approximate surface area is 89.4 Å². The number of anilines is 1. The molecule has 0 saturated carbocycles. The van der Waals surface area contributed by atoms with E-state index in [1.54, 1.807) is 7.05 Å². The van der Waals surface area contributed by atoms with E-state index >= 15 is 0 Å². The Morgan fingerprint density at radius 2 is 1.33 bits per heavy atom. The highest BCUT2D eigenvalue weighted by Gasteiger charge is 1.98. The number of nitrogens with zero attached hydrogens (tertiary/aromatic N) is 1. The summed E-state index contributed by atoms with van der Waals surface area (Å²) in [4.78, 5) is 0. The Hall–Kier alpha value is -1.80. The number of hydrogen-bond donors (Lipinski definition) is 1. The van der Waals surface area contributed by atoms with Crippen LogP contribution >= 0.6 is 0 Å². The van der Waals surface area contributed by atoms with E-state index in [0.29, 0.717) is 0 Å². The van der Waals surface area contributed by atoms with Crippen LogP contribution in [0.25, 0.3) is 11.1 Å². The molecule has 2 rings (SSSR count). The van der Waals surface area contributed by atoms with Crippen LogP contribution in [0.15, 0.2) is 54.6 Å². The Bertz CT molecular complexity index is 420. The largest absolute Gasteiger partial charge is 0.289 e. The lowest BCUT2D eigenvalue weighted by atomic mass is 10.1. The Kier molecular flexibility index (Phi) is 2.70. The standard InChI is InChI=1S/C13H13NO/c1-14(15)13-9-7-12(8-10-13)11-5-3-2-4-6-11/h2-10,15H,1H3. The van der Waals surface area contributed by atoms with Crippen LogP contribution in [0, 0.1) is 0 Å². The summed E-state index contributed by atoms with van der Waals surface area (Å²) in [6.45, 7) is 0. The first-order valence-electron chi connectivity index (χ1n) is 4.85. The summed E-state index contributed by atoms with van der Waals surface area (Å²) in [5.41, 5.74) is 3.13. The van der Waals surface area contributed by atoms with Gasteiger partial charge in [-0.3, -0.25) is 10.3 Å². The molecule has 2 aromatic carbocycles. The molecule has 76 valence electrons. The van der Waals surface area contributed by atoms with E-state index in [1.807, 2.05) is 42.5 Å². The zero-order chi connectivity index (χ0) is 10.7. The number of hydroxylamine groups is 1. The molecule has 0 aliphatic carbocycles. The minimum atomic E-state index is 0.787. The molecule has 0 atom stereocenters. The highest BCUT2D eigenvalue weighted by molar-refractivity contribution is 5.65. The molecule has 0 aliphatic heterocycles. The summed E-state index contributed by atoms with van der Waals surface area (Å²) in [6.07, 6.45) is 0. The van der Waals surface area contributed by atoms with E-state index in [2.05, 4.69) is 12.1 Å². The predicted octanol–water partition coefficient (Wildman–Crippen LogP) is 3.18. The van der Waals surface area contributed by atoms with Crippen LogP contribution in [0.5, 0.6) is 0 Å². The van der Waals surface area contributed by atoms with Crippen molar-refractivity contribution in [3.63, 3.8) is 0 Å². The minimum absolute atomic E-state index is 0.787. The zero-order valence-electron chi connectivity index (χ0n) is 8.59. The van der Waals surface area contributed by atoms with Gasteiger partial charge in [0.1, 0.15) is 0 Å². The molecule has 1 N–H and O–H groups in total. The topological polar surface area (TPSA) is 23.5 Å². The van der Waals surface area contributed by atoms with Crippen LogP contribution in [0.3, 0.4) is 0 Å². The summed E-state index contributed by atoms with van der Waals surface area (Å²) in [7, 11) is 1.61. The van der Waals surface area contributed by atoms with Crippen molar-refractivity contribution in [2.24, 2.45) is 0 Å². The van der Waals surface area contributed by atoms with Gasteiger partial charge >= 0.3 is 0 Å². The van der Waals surface area contributed by atoms with Crippen LogP contribution in [0.2, 0.25) is 0 Å². The maximum Gasteiger partial charge on any atom is 0.0631 e. The van der Waals surface area contributed by atoms with Gasteiger partial charge in [-0.25, -0.2) is 0 Å². The fraction of sp³-hybridized carbons (Fsp3) is 0.0769. The van der Waals surface area contributed by atoms with Crippen molar-refractivity contribution < 1.29 is 5.21 Å². The van der Waals surface area contributed by atoms with Crippen molar-refractivity contribution in [2.75, 3.05) is 12.1 Å². The van der Waals surface area contributed by atoms with Gasteiger partial charge in [0.15, 0.2) is 0 Å². The lowest BCUT2D eigenvalue weighted by molar-refractivity contribution is 0.279. The van der Waals surface area contributed by atoms with Gasteiger partial charge in [0.05, 0.1) is 5.69 Å². The van der Waals surface area contributed by atoms with E-state index in [0.717, 1.165) is 16.3 Å². The van der Waals surface area contributed by atoms with Gasteiger partial charge < -0.3 is 0 Å². The molecule has 0 spiro atoms. The van der Waals surface area contributed by atoms with Crippen molar-refractivity contribution in [3.8, 4) is 11.1 Å². The molecule has 0 aromatic heterocycles. The van der Waals surface area contributed by atoms with E-state index in [9.17, 15) is 5.21 Å². The molecular formula is C13H13NO. The third kappa shape index (κ3) is 2.17. The second kappa shape index (κ2) is 4.15. The number of hydrogen-bond acceptors (Lipinski definition) is 2. The predicted molar refractivity (Wildman–Crippen MR) is 62.1 cm³/mol. The highest BCUT2D eigenvalue weighted by Crippen LogP contribution is 2.21. The van der Waals surface area contributed by atoms with Crippen molar-refractivity contribution in [1.82, 2.24) is 0 Å². The van der Waals surface area contributed by atoms with E-state index in [-0.39, 0.29) is 0 Å². The molecule has 0 bridgehead atoms. The smallest absolute Gasteiger partial charge is 0.0631 e. The molecule has 2 nitrogen and oxygen atoms in total. The van der Waals surface area contributed by atoms with Gasteiger partial charge in [0, 0.05) is 7.05 Å². The van der Waals surface area contributed by atoms with Gasteiger partial charge in [0.2, 0.25) is 0 Å². The van der Waals surface area contributed by atoms with Gasteiger partial charge in [-0.15, -0.1) is 0 Å². The lowest BCUT2D eigenvalue weighted by Gasteiger charge is -2.10. The molecule has 2 aromatic rings. The monoisotopic (exact) mass is 199 g/mol. The Morgan fingerprint density at radius 1 is 0.800 bits per heavy atom. The van der Waals surface area contributed by atoms with Crippen LogP contribution in [0.1, 0.15) is 0 Å². The van der Waals surface area contributed by atoms with E-state index in [4.69, 9.17) is 0 Å². The maximum absolute atomic E-state index is 9.22. The van der Waals surface area contributed by atoms with Gasteiger partial charge in [0.25, 0.3) is 0 Å². The van der Waals surface area contributed by atoms with Gasteiger partial charge in [-0.1, -0.05) is 42.5 Å². The van der Waals surface area contributed by atoms with Gasteiger partial charge in [-0.2, -0.15) is 0 Å². The maximum atomic E-state index is 9.22. The first kappa shape index (κ1) is 9.74. The third-order valence-electron chi connectivity index (χ3n) is 2.35. The molecular weight excluding hydrogens is 186 g/mol. The molecule has 0 aliphatic rings. The molecule has 2 heteroatoms. The SMILES string of the molecule is CN(O)c1ccc(-c2ccccc2)cc1. The molecule has 0 amide bonds. The normalized spacial score (nSPS) is 10.0. The Morgan fingerprint density at radius 3 is 1.87 bits per heavy atom. The van der Waals surface area contributed by atoms with Gasteiger partial charge in [-0.05, 0) is 23.3 Å². The van der Waals surface area contributed by atoms with Crippen molar-refractivity contribution in [2.45, 2.75) is 0 Å². The average molecular weight is 199 g/mol. The molecule has 0 fully saturated rings. The average Bonchev–Trinajstić information content (AvgIpc) is 2.30. The second-order valence-electron chi connectivity index (χ2n) is 3.44. The fourth-order valence-electron chi connectivity index (χ4n) is 1.50. The van der Waals surface area contributed by atoms with Crippen molar-refractivity contribution in [1.29, 1.82) is 0 Å². The molecule has 0 unspecified atom stereocenters. The quantitative estimate of drug-likeness (QED) is 0.751. The van der Waals surface area contributed by atoms with Crippen molar-refractivity contribution in [3.05, 3.63) is 54.6 Å². The van der Waals surface area contributed by atoms with Crippen LogP contribution in [-0.4, -0.2) is 12.3 Å².